The van der Waals surface area contributed by atoms with Gasteiger partial charge >= 0.3 is 6.18 Å². The lowest BCUT2D eigenvalue weighted by Gasteiger charge is -2.32. The number of hydrogen-bond acceptors (Lipinski definition) is 4. The molecule has 1 saturated heterocycles. The Kier molecular flexibility index (Phi) is 5.86. The zero-order valence-electron chi connectivity index (χ0n) is 13.8. The highest BCUT2D eigenvalue weighted by Gasteiger charge is 2.34. The van der Waals surface area contributed by atoms with Gasteiger partial charge in [-0.2, -0.15) is 13.2 Å². The minimum absolute atomic E-state index is 0.0385. The van der Waals surface area contributed by atoms with Gasteiger partial charge in [-0.3, -0.25) is 14.9 Å². The second-order valence-electron chi connectivity index (χ2n) is 6.01. The number of piperidine rings is 1. The number of alkyl halides is 3. The smallest absolute Gasteiger partial charge is 0.366 e. The van der Waals surface area contributed by atoms with Crippen LogP contribution in [0.1, 0.15) is 31.7 Å². The molecule has 1 aromatic carbocycles. The fourth-order valence-corrected chi connectivity index (χ4v) is 2.89. The van der Waals surface area contributed by atoms with Gasteiger partial charge in [0.15, 0.2) is 0 Å². The van der Waals surface area contributed by atoms with Crippen LogP contribution in [0.25, 0.3) is 0 Å². The quantitative estimate of drug-likeness (QED) is 0.646. The zero-order valence-corrected chi connectivity index (χ0v) is 13.8. The molecule has 0 bridgehead atoms. The largest absolute Gasteiger partial charge is 0.416 e. The topological polar surface area (TPSA) is 75.5 Å². The number of nitrogens with one attached hydrogen (secondary N) is 1. The van der Waals surface area contributed by atoms with Crippen LogP contribution in [0.4, 0.5) is 24.5 Å². The maximum absolute atomic E-state index is 12.8. The Bertz CT molecular complexity index is 641. The predicted octanol–water partition coefficient (Wildman–Crippen LogP) is 3.36. The molecule has 0 saturated carbocycles. The number of carbonyl (C=O) groups excluding carboxylic acids is 1. The van der Waals surface area contributed by atoms with Crippen molar-refractivity contribution in [3.63, 3.8) is 0 Å². The third kappa shape index (κ3) is 4.61. The van der Waals surface area contributed by atoms with Crippen LogP contribution in [-0.2, 0) is 11.0 Å². The van der Waals surface area contributed by atoms with Gasteiger partial charge in [0.1, 0.15) is 5.69 Å². The van der Waals surface area contributed by atoms with Crippen molar-refractivity contribution in [2.24, 2.45) is 5.92 Å². The van der Waals surface area contributed by atoms with Crippen LogP contribution in [0.3, 0.4) is 0 Å². The minimum atomic E-state index is -4.63. The number of carbonyl (C=O) groups is 1. The van der Waals surface area contributed by atoms with Crippen molar-refractivity contribution in [2.75, 3.05) is 24.5 Å². The molecular weight excluding hydrogens is 339 g/mol. The molecule has 1 aliphatic heterocycles. The average molecular weight is 359 g/mol. The minimum Gasteiger partial charge on any atom is -0.366 e. The van der Waals surface area contributed by atoms with Crippen molar-refractivity contribution in [1.82, 2.24) is 5.32 Å². The van der Waals surface area contributed by atoms with E-state index >= 15 is 0 Å². The standard InChI is InChI=1S/C16H20F3N3O3/c1-2-7-20-15(23)11-5-8-21(9-6-11)13-4-3-12(16(17,18)19)10-14(13)22(24)25/h3-4,10-11H,2,5-9H2,1H3,(H,20,23). The van der Waals surface area contributed by atoms with Crippen LogP contribution < -0.4 is 10.2 Å². The van der Waals surface area contributed by atoms with Crippen LogP contribution in [-0.4, -0.2) is 30.5 Å². The van der Waals surface area contributed by atoms with E-state index in [4.69, 9.17) is 0 Å². The SMILES string of the molecule is CCCNC(=O)C1CCN(c2ccc(C(F)(F)F)cc2[N+](=O)[O-])CC1. The van der Waals surface area contributed by atoms with E-state index in [0.717, 1.165) is 18.6 Å². The highest BCUT2D eigenvalue weighted by atomic mass is 19.4. The first-order valence-corrected chi connectivity index (χ1v) is 8.12. The van der Waals surface area contributed by atoms with Gasteiger partial charge in [-0.25, -0.2) is 0 Å². The third-order valence-electron chi connectivity index (χ3n) is 4.26. The molecule has 0 unspecified atom stereocenters. The van der Waals surface area contributed by atoms with E-state index in [-0.39, 0.29) is 17.5 Å². The van der Waals surface area contributed by atoms with Crippen molar-refractivity contribution in [1.29, 1.82) is 0 Å². The summed E-state index contributed by atoms with van der Waals surface area (Å²) in [6, 6.07) is 2.55. The number of nitro benzene ring substituents is 1. The van der Waals surface area contributed by atoms with E-state index in [0.29, 0.717) is 38.5 Å². The lowest BCUT2D eigenvalue weighted by atomic mass is 9.95. The Morgan fingerprint density at radius 2 is 2.00 bits per heavy atom. The number of nitro groups is 1. The van der Waals surface area contributed by atoms with Gasteiger partial charge in [-0.05, 0) is 31.4 Å². The molecule has 1 N–H and O–H groups in total. The maximum atomic E-state index is 12.8. The average Bonchev–Trinajstić information content (AvgIpc) is 2.58. The number of benzene rings is 1. The molecule has 25 heavy (non-hydrogen) atoms. The molecule has 0 atom stereocenters. The van der Waals surface area contributed by atoms with E-state index in [1.54, 1.807) is 4.90 Å². The molecule has 0 aromatic heterocycles. The van der Waals surface area contributed by atoms with Crippen LogP contribution >= 0.6 is 0 Å². The fraction of sp³-hybridized carbons (Fsp3) is 0.562. The summed E-state index contributed by atoms with van der Waals surface area (Å²) in [6.07, 6.45) is -2.78. The predicted molar refractivity (Wildman–Crippen MR) is 86.3 cm³/mol. The van der Waals surface area contributed by atoms with Gasteiger partial charge in [0, 0.05) is 31.6 Å². The Hall–Kier alpha value is -2.32. The van der Waals surface area contributed by atoms with Crippen molar-refractivity contribution in [2.45, 2.75) is 32.4 Å². The molecule has 1 aromatic rings. The van der Waals surface area contributed by atoms with E-state index in [9.17, 15) is 28.1 Å². The van der Waals surface area contributed by atoms with Gasteiger partial charge < -0.3 is 10.2 Å². The maximum Gasteiger partial charge on any atom is 0.416 e. The Morgan fingerprint density at radius 1 is 1.36 bits per heavy atom. The first-order chi connectivity index (χ1) is 11.7. The molecule has 2 rings (SSSR count). The van der Waals surface area contributed by atoms with Gasteiger partial charge in [-0.15, -0.1) is 0 Å². The van der Waals surface area contributed by atoms with Gasteiger partial charge in [0.25, 0.3) is 5.69 Å². The summed E-state index contributed by atoms with van der Waals surface area (Å²) in [6.45, 7) is 3.32. The summed E-state index contributed by atoms with van der Waals surface area (Å²) >= 11 is 0. The van der Waals surface area contributed by atoms with Crippen molar-refractivity contribution < 1.29 is 22.9 Å². The molecule has 1 heterocycles. The number of hydrogen-bond donors (Lipinski definition) is 1. The fourth-order valence-electron chi connectivity index (χ4n) is 2.89. The number of amides is 1. The van der Waals surface area contributed by atoms with E-state index < -0.39 is 22.4 Å². The summed E-state index contributed by atoms with van der Waals surface area (Å²) in [5.41, 5.74) is -1.45. The van der Waals surface area contributed by atoms with Crippen molar-refractivity contribution >= 4 is 17.3 Å². The number of halogens is 3. The van der Waals surface area contributed by atoms with Crippen LogP contribution in [0.2, 0.25) is 0 Å². The van der Waals surface area contributed by atoms with Gasteiger partial charge in [0.05, 0.1) is 10.5 Å². The molecule has 1 aliphatic rings. The highest BCUT2D eigenvalue weighted by molar-refractivity contribution is 5.79. The Balaban J connectivity index is 2.12. The van der Waals surface area contributed by atoms with Crippen molar-refractivity contribution in [3.8, 4) is 0 Å². The summed E-state index contributed by atoms with van der Waals surface area (Å²) in [7, 11) is 0. The Labute approximate surface area is 143 Å². The molecule has 1 fully saturated rings. The van der Waals surface area contributed by atoms with E-state index in [2.05, 4.69) is 5.32 Å². The second-order valence-corrected chi connectivity index (χ2v) is 6.01. The van der Waals surface area contributed by atoms with Crippen LogP contribution in [0.15, 0.2) is 18.2 Å². The number of anilines is 1. The summed E-state index contributed by atoms with van der Waals surface area (Å²) in [5, 5.41) is 14.0. The second kappa shape index (κ2) is 7.71. The van der Waals surface area contributed by atoms with E-state index in [1.807, 2.05) is 6.92 Å². The Morgan fingerprint density at radius 3 is 2.52 bits per heavy atom. The first-order valence-electron chi connectivity index (χ1n) is 8.12. The number of nitrogens with zero attached hydrogens (tertiary/aromatic N) is 2. The molecule has 0 aliphatic carbocycles. The molecule has 9 heteroatoms. The molecule has 6 nitrogen and oxygen atoms in total. The lowest BCUT2D eigenvalue weighted by molar-refractivity contribution is -0.384. The molecule has 1 amide bonds. The monoisotopic (exact) mass is 359 g/mol. The highest BCUT2D eigenvalue weighted by Crippen LogP contribution is 2.37. The van der Waals surface area contributed by atoms with Gasteiger partial charge in [-0.1, -0.05) is 6.92 Å². The molecule has 138 valence electrons. The normalized spacial score (nSPS) is 15.9. The first kappa shape index (κ1) is 19.0. The van der Waals surface area contributed by atoms with Gasteiger partial charge in [0.2, 0.25) is 5.91 Å². The number of rotatable bonds is 5. The summed E-state index contributed by atoms with van der Waals surface area (Å²) in [4.78, 5) is 24.0. The summed E-state index contributed by atoms with van der Waals surface area (Å²) in [5.74, 6) is -0.209. The van der Waals surface area contributed by atoms with Crippen LogP contribution in [0, 0.1) is 16.0 Å². The molecule has 0 spiro atoms. The third-order valence-corrected chi connectivity index (χ3v) is 4.26. The lowest BCUT2D eigenvalue weighted by Crippen LogP contribution is -2.41. The zero-order chi connectivity index (χ0) is 18.6. The summed E-state index contributed by atoms with van der Waals surface area (Å²) < 4.78 is 38.3. The van der Waals surface area contributed by atoms with E-state index in [1.165, 1.54) is 0 Å². The van der Waals surface area contributed by atoms with Crippen molar-refractivity contribution in [3.05, 3.63) is 33.9 Å². The molecule has 0 radical (unpaired) electrons. The molecular formula is C16H20F3N3O3. The van der Waals surface area contributed by atoms with Crippen LogP contribution in [0.5, 0.6) is 0 Å².